The number of nitrogens with one attached hydrogen (secondary N) is 3. The minimum atomic E-state index is -0.333. The standard InChI is InChI=1S/C21H29FN4O2/c22-15-1-3-16(4-2-15)24-21(28)25-17-7-9-26(10-8-17)20(27)13-14-11-18-5-6-19(12-14)23-18/h1-4,14,17-19,23H,5-13H2,(H2,24,25,28). The van der Waals surface area contributed by atoms with E-state index in [9.17, 15) is 14.0 Å². The van der Waals surface area contributed by atoms with Crippen molar-refractivity contribution in [1.29, 1.82) is 0 Å². The zero-order valence-electron chi connectivity index (χ0n) is 16.1. The number of carbonyl (C=O) groups excluding carboxylic acids is 2. The van der Waals surface area contributed by atoms with E-state index < -0.39 is 0 Å². The molecular weight excluding hydrogens is 359 g/mol. The lowest BCUT2D eigenvalue weighted by Crippen LogP contribution is -2.48. The van der Waals surface area contributed by atoms with E-state index in [1.165, 1.54) is 37.1 Å². The number of hydrogen-bond donors (Lipinski definition) is 3. The Morgan fingerprint density at radius 3 is 2.32 bits per heavy atom. The molecule has 3 aliphatic rings. The number of piperidine rings is 2. The number of likely N-dealkylation sites (tertiary alicyclic amines) is 1. The van der Waals surface area contributed by atoms with Crippen LogP contribution < -0.4 is 16.0 Å². The van der Waals surface area contributed by atoms with Gasteiger partial charge >= 0.3 is 6.03 Å². The van der Waals surface area contributed by atoms with Gasteiger partial charge in [-0.15, -0.1) is 0 Å². The molecule has 7 heteroatoms. The van der Waals surface area contributed by atoms with Crippen LogP contribution in [0.1, 0.15) is 44.9 Å². The third kappa shape index (κ3) is 4.82. The van der Waals surface area contributed by atoms with Gasteiger partial charge in [-0.3, -0.25) is 4.79 Å². The molecule has 3 N–H and O–H groups in total. The van der Waals surface area contributed by atoms with Crippen LogP contribution in [0.4, 0.5) is 14.9 Å². The van der Waals surface area contributed by atoms with Crippen LogP contribution >= 0.6 is 0 Å². The number of anilines is 1. The van der Waals surface area contributed by atoms with Gasteiger partial charge in [0.05, 0.1) is 0 Å². The summed E-state index contributed by atoms with van der Waals surface area (Å²) in [5, 5.41) is 9.30. The number of fused-ring (bicyclic) bond motifs is 2. The molecule has 3 aliphatic heterocycles. The highest BCUT2D eigenvalue weighted by Gasteiger charge is 2.35. The molecule has 3 saturated heterocycles. The van der Waals surface area contributed by atoms with E-state index in [2.05, 4.69) is 16.0 Å². The van der Waals surface area contributed by atoms with Crippen molar-refractivity contribution < 1.29 is 14.0 Å². The first-order chi connectivity index (χ1) is 13.5. The molecule has 4 rings (SSSR count). The number of amides is 3. The van der Waals surface area contributed by atoms with Crippen LogP contribution in [-0.4, -0.2) is 48.1 Å². The Kier molecular flexibility index (Phi) is 5.80. The van der Waals surface area contributed by atoms with Crippen molar-refractivity contribution in [2.45, 2.75) is 63.1 Å². The molecule has 152 valence electrons. The van der Waals surface area contributed by atoms with Crippen molar-refractivity contribution in [3.05, 3.63) is 30.1 Å². The molecule has 3 heterocycles. The quantitative estimate of drug-likeness (QED) is 0.743. The molecule has 0 radical (unpaired) electrons. The Labute approximate surface area is 165 Å². The minimum Gasteiger partial charge on any atom is -0.343 e. The third-order valence-electron chi connectivity index (χ3n) is 6.32. The van der Waals surface area contributed by atoms with Crippen molar-refractivity contribution >= 4 is 17.6 Å². The molecule has 2 bridgehead atoms. The van der Waals surface area contributed by atoms with Gasteiger partial charge in [-0.1, -0.05) is 0 Å². The second-order valence-electron chi connectivity index (χ2n) is 8.44. The number of carbonyl (C=O) groups is 2. The van der Waals surface area contributed by atoms with Gasteiger partial charge in [0.25, 0.3) is 0 Å². The highest BCUT2D eigenvalue weighted by molar-refractivity contribution is 5.89. The summed E-state index contributed by atoms with van der Waals surface area (Å²) >= 11 is 0. The van der Waals surface area contributed by atoms with E-state index in [1.807, 2.05) is 4.90 Å². The Bertz CT molecular complexity index is 691. The van der Waals surface area contributed by atoms with Gasteiger partial charge in [0.2, 0.25) is 5.91 Å². The van der Waals surface area contributed by atoms with Crippen molar-refractivity contribution in [2.24, 2.45) is 5.92 Å². The van der Waals surface area contributed by atoms with Crippen LogP contribution in [0.2, 0.25) is 0 Å². The number of urea groups is 1. The maximum Gasteiger partial charge on any atom is 0.319 e. The number of halogens is 1. The second kappa shape index (κ2) is 8.47. The highest BCUT2D eigenvalue weighted by Crippen LogP contribution is 2.33. The van der Waals surface area contributed by atoms with Crippen molar-refractivity contribution in [2.75, 3.05) is 18.4 Å². The smallest absolute Gasteiger partial charge is 0.319 e. The van der Waals surface area contributed by atoms with Crippen LogP contribution in [0, 0.1) is 11.7 Å². The van der Waals surface area contributed by atoms with Crippen molar-refractivity contribution in [3.8, 4) is 0 Å². The molecule has 3 amide bonds. The molecule has 0 saturated carbocycles. The molecular formula is C21H29FN4O2. The fourth-order valence-corrected chi connectivity index (χ4v) is 4.88. The zero-order valence-corrected chi connectivity index (χ0v) is 16.1. The first kappa shape index (κ1) is 19.2. The Balaban J connectivity index is 1.18. The summed E-state index contributed by atoms with van der Waals surface area (Å²) in [6.07, 6.45) is 6.96. The molecule has 0 aliphatic carbocycles. The Hall–Kier alpha value is -2.15. The third-order valence-corrected chi connectivity index (χ3v) is 6.32. The van der Waals surface area contributed by atoms with Gasteiger partial charge in [0, 0.05) is 43.3 Å². The summed E-state index contributed by atoms with van der Waals surface area (Å²) in [6, 6.07) is 6.69. The zero-order chi connectivity index (χ0) is 19.5. The predicted molar refractivity (Wildman–Crippen MR) is 105 cm³/mol. The summed E-state index contributed by atoms with van der Waals surface area (Å²) in [4.78, 5) is 26.7. The van der Waals surface area contributed by atoms with Crippen LogP contribution in [0.3, 0.4) is 0 Å². The molecule has 2 unspecified atom stereocenters. The molecule has 28 heavy (non-hydrogen) atoms. The van der Waals surface area contributed by atoms with Crippen LogP contribution in [0.15, 0.2) is 24.3 Å². The predicted octanol–water partition coefficient (Wildman–Crippen LogP) is 2.86. The normalized spacial score (nSPS) is 27.5. The number of rotatable bonds is 4. The Morgan fingerprint density at radius 2 is 1.68 bits per heavy atom. The molecule has 0 spiro atoms. The van der Waals surface area contributed by atoms with Crippen LogP contribution in [0.5, 0.6) is 0 Å². The lowest BCUT2D eigenvalue weighted by Gasteiger charge is -2.34. The lowest BCUT2D eigenvalue weighted by atomic mass is 9.89. The molecule has 6 nitrogen and oxygen atoms in total. The fourth-order valence-electron chi connectivity index (χ4n) is 4.88. The van der Waals surface area contributed by atoms with Gasteiger partial charge in [0.15, 0.2) is 0 Å². The number of benzene rings is 1. The minimum absolute atomic E-state index is 0.0548. The van der Waals surface area contributed by atoms with Crippen molar-refractivity contribution in [1.82, 2.24) is 15.5 Å². The largest absolute Gasteiger partial charge is 0.343 e. The second-order valence-corrected chi connectivity index (χ2v) is 8.44. The highest BCUT2D eigenvalue weighted by atomic mass is 19.1. The van der Waals surface area contributed by atoms with E-state index in [4.69, 9.17) is 0 Å². The first-order valence-electron chi connectivity index (χ1n) is 10.4. The van der Waals surface area contributed by atoms with Gasteiger partial charge < -0.3 is 20.9 Å². The fraction of sp³-hybridized carbons (Fsp3) is 0.619. The molecule has 3 fully saturated rings. The topological polar surface area (TPSA) is 73.5 Å². The average Bonchev–Trinajstić information content (AvgIpc) is 3.02. The van der Waals surface area contributed by atoms with E-state index in [1.54, 1.807) is 0 Å². The SMILES string of the molecule is O=C(Nc1ccc(F)cc1)NC1CCN(C(=O)CC2CC3CCC(C2)N3)CC1. The maximum atomic E-state index is 12.9. The van der Waals surface area contributed by atoms with Crippen LogP contribution in [-0.2, 0) is 4.79 Å². The van der Waals surface area contributed by atoms with Crippen molar-refractivity contribution in [3.63, 3.8) is 0 Å². The van der Waals surface area contributed by atoms with E-state index in [0.29, 0.717) is 43.2 Å². The van der Waals surface area contributed by atoms with E-state index in [-0.39, 0.29) is 23.8 Å². The molecule has 0 aromatic heterocycles. The lowest BCUT2D eigenvalue weighted by molar-refractivity contribution is -0.133. The van der Waals surface area contributed by atoms with E-state index in [0.717, 1.165) is 25.7 Å². The summed E-state index contributed by atoms with van der Waals surface area (Å²) in [5.74, 6) is 0.448. The average molecular weight is 388 g/mol. The molecule has 2 atom stereocenters. The summed E-state index contributed by atoms with van der Waals surface area (Å²) in [6.45, 7) is 1.39. The van der Waals surface area contributed by atoms with Gasteiger partial charge in [-0.05, 0) is 68.7 Å². The maximum absolute atomic E-state index is 12.9. The molecule has 1 aromatic carbocycles. The van der Waals surface area contributed by atoms with Gasteiger partial charge in [0.1, 0.15) is 5.82 Å². The first-order valence-corrected chi connectivity index (χ1v) is 10.4. The summed E-state index contributed by atoms with van der Waals surface area (Å²) in [5.41, 5.74) is 0.558. The number of hydrogen-bond acceptors (Lipinski definition) is 3. The van der Waals surface area contributed by atoms with Gasteiger partial charge in [-0.2, -0.15) is 0 Å². The Morgan fingerprint density at radius 1 is 1.04 bits per heavy atom. The number of nitrogens with zero attached hydrogens (tertiary/aromatic N) is 1. The monoisotopic (exact) mass is 388 g/mol. The summed E-state index contributed by atoms with van der Waals surface area (Å²) in [7, 11) is 0. The van der Waals surface area contributed by atoms with Gasteiger partial charge in [-0.25, -0.2) is 9.18 Å². The van der Waals surface area contributed by atoms with E-state index >= 15 is 0 Å². The molecule has 1 aromatic rings. The summed E-state index contributed by atoms with van der Waals surface area (Å²) < 4.78 is 12.9. The van der Waals surface area contributed by atoms with Crippen LogP contribution in [0.25, 0.3) is 0 Å².